The minimum absolute atomic E-state index is 0.0738. The van der Waals surface area contributed by atoms with Crippen molar-refractivity contribution in [2.75, 3.05) is 0 Å². The molecular formula is C8H5F2NO2S. The molecule has 0 aliphatic heterocycles. The molecule has 0 spiro atoms. The van der Waals surface area contributed by atoms with Crippen molar-refractivity contribution < 1.29 is 18.6 Å². The average Bonchev–Trinajstić information content (AvgIpc) is 2.44. The van der Waals surface area contributed by atoms with E-state index in [4.69, 9.17) is 5.11 Å². The Kier molecular flexibility index (Phi) is 2.20. The number of alkyl halides is 2. The summed E-state index contributed by atoms with van der Waals surface area (Å²) in [4.78, 5) is 3.80. The first kappa shape index (κ1) is 9.14. The van der Waals surface area contributed by atoms with Gasteiger partial charge in [0, 0.05) is 0 Å². The largest absolute Gasteiger partial charge is 0.508 e. The van der Waals surface area contributed by atoms with E-state index in [0.29, 0.717) is 10.2 Å². The lowest BCUT2D eigenvalue weighted by Gasteiger charge is -1.95. The summed E-state index contributed by atoms with van der Waals surface area (Å²) >= 11 is 0.966. The van der Waals surface area contributed by atoms with Crippen LogP contribution >= 0.6 is 11.3 Å². The fourth-order valence-electron chi connectivity index (χ4n) is 1.02. The SMILES string of the molecule is Oc1ccc2nc(OC(F)F)sc2c1. The summed E-state index contributed by atoms with van der Waals surface area (Å²) in [5, 5.41) is 9.01. The predicted molar refractivity (Wildman–Crippen MR) is 47.9 cm³/mol. The van der Waals surface area contributed by atoms with Gasteiger partial charge in [-0.05, 0) is 18.2 Å². The highest BCUT2D eigenvalue weighted by Crippen LogP contribution is 2.30. The summed E-state index contributed by atoms with van der Waals surface area (Å²) in [5.41, 5.74) is 0.531. The number of aromatic hydroxyl groups is 1. The minimum atomic E-state index is -2.87. The van der Waals surface area contributed by atoms with Gasteiger partial charge in [0.1, 0.15) is 5.75 Å². The number of hydrogen-bond donors (Lipinski definition) is 1. The summed E-state index contributed by atoms with van der Waals surface area (Å²) < 4.78 is 28.4. The van der Waals surface area contributed by atoms with Crippen molar-refractivity contribution >= 4 is 21.6 Å². The first-order valence-electron chi connectivity index (χ1n) is 3.69. The molecule has 2 aromatic rings. The van der Waals surface area contributed by atoms with E-state index in [2.05, 4.69) is 9.72 Å². The number of halogens is 2. The third-order valence-corrected chi connectivity index (χ3v) is 2.45. The summed E-state index contributed by atoms with van der Waals surface area (Å²) in [5.74, 6) is 0.0738. The van der Waals surface area contributed by atoms with Crippen LogP contribution in [0, 0.1) is 0 Å². The molecule has 1 heterocycles. The molecule has 0 fully saturated rings. The number of phenols is 1. The quantitative estimate of drug-likeness (QED) is 0.840. The van der Waals surface area contributed by atoms with E-state index in [0.717, 1.165) is 11.3 Å². The molecule has 0 atom stereocenters. The molecule has 2 rings (SSSR count). The van der Waals surface area contributed by atoms with Gasteiger partial charge in [0.2, 0.25) is 0 Å². The molecule has 0 amide bonds. The van der Waals surface area contributed by atoms with Gasteiger partial charge in [0.15, 0.2) is 0 Å². The van der Waals surface area contributed by atoms with E-state index in [1.165, 1.54) is 12.1 Å². The lowest BCUT2D eigenvalue weighted by Crippen LogP contribution is -2.00. The molecule has 0 aliphatic rings. The minimum Gasteiger partial charge on any atom is -0.508 e. The zero-order valence-electron chi connectivity index (χ0n) is 6.78. The van der Waals surface area contributed by atoms with Crippen LogP contribution in [-0.2, 0) is 0 Å². The smallest absolute Gasteiger partial charge is 0.389 e. The first-order chi connectivity index (χ1) is 6.65. The van der Waals surface area contributed by atoms with Gasteiger partial charge in [0.25, 0.3) is 5.19 Å². The molecule has 14 heavy (non-hydrogen) atoms. The van der Waals surface area contributed by atoms with Crippen LogP contribution in [0.3, 0.4) is 0 Å². The van der Waals surface area contributed by atoms with E-state index in [-0.39, 0.29) is 10.9 Å². The Bertz CT molecular complexity index is 458. The molecule has 1 N–H and O–H groups in total. The third-order valence-electron chi connectivity index (χ3n) is 1.54. The lowest BCUT2D eigenvalue weighted by molar-refractivity contribution is -0.0497. The highest BCUT2D eigenvalue weighted by atomic mass is 32.1. The van der Waals surface area contributed by atoms with Crippen molar-refractivity contribution in [3.63, 3.8) is 0 Å². The average molecular weight is 217 g/mol. The number of benzene rings is 1. The number of aromatic nitrogens is 1. The van der Waals surface area contributed by atoms with E-state index in [1.807, 2.05) is 0 Å². The number of thiazole rings is 1. The van der Waals surface area contributed by atoms with Crippen molar-refractivity contribution in [2.24, 2.45) is 0 Å². The Morgan fingerprint density at radius 3 is 2.93 bits per heavy atom. The molecule has 0 saturated carbocycles. The fourth-order valence-corrected chi connectivity index (χ4v) is 1.87. The highest BCUT2D eigenvalue weighted by Gasteiger charge is 2.10. The zero-order chi connectivity index (χ0) is 10.1. The molecule has 0 saturated heterocycles. The number of rotatable bonds is 2. The Hall–Kier alpha value is -1.43. The Morgan fingerprint density at radius 1 is 1.43 bits per heavy atom. The molecule has 0 radical (unpaired) electrons. The van der Waals surface area contributed by atoms with Gasteiger partial charge < -0.3 is 9.84 Å². The second-order valence-electron chi connectivity index (χ2n) is 2.51. The van der Waals surface area contributed by atoms with Crippen LogP contribution in [0.5, 0.6) is 10.9 Å². The first-order valence-corrected chi connectivity index (χ1v) is 4.51. The monoisotopic (exact) mass is 217 g/mol. The summed E-state index contributed by atoms with van der Waals surface area (Å²) in [6.45, 7) is -2.87. The Balaban J connectivity index is 2.41. The van der Waals surface area contributed by atoms with E-state index in [1.54, 1.807) is 6.07 Å². The van der Waals surface area contributed by atoms with Crippen molar-refractivity contribution in [1.29, 1.82) is 0 Å². The number of ether oxygens (including phenoxy) is 1. The molecule has 3 nitrogen and oxygen atoms in total. The number of nitrogens with zero attached hydrogens (tertiary/aromatic N) is 1. The normalized spacial score (nSPS) is 11.1. The van der Waals surface area contributed by atoms with Gasteiger partial charge >= 0.3 is 6.61 Å². The standard InChI is InChI=1S/C8H5F2NO2S/c9-7(10)13-8-11-5-2-1-4(12)3-6(5)14-8/h1-3,7,12H. The number of fused-ring (bicyclic) bond motifs is 1. The van der Waals surface area contributed by atoms with Gasteiger partial charge in [0.05, 0.1) is 10.2 Å². The van der Waals surface area contributed by atoms with Gasteiger partial charge in [-0.1, -0.05) is 11.3 Å². The maximum absolute atomic E-state index is 11.8. The number of hydrogen-bond acceptors (Lipinski definition) is 4. The second kappa shape index (κ2) is 3.38. The molecule has 0 aliphatic carbocycles. The van der Waals surface area contributed by atoms with Crippen LogP contribution in [0.1, 0.15) is 0 Å². The molecule has 0 bridgehead atoms. The Morgan fingerprint density at radius 2 is 2.21 bits per heavy atom. The summed E-state index contributed by atoms with van der Waals surface area (Å²) in [6.07, 6.45) is 0. The molecule has 1 aromatic heterocycles. The van der Waals surface area contributed by atoms with Gasteiger partial charge in [-0.25, -0.2) is 4.98 Å². The molecule has 1 aromatic carbocycles. The van der Waals surface area contributed by atoms with Crippen molar-refractivity contribution in [3.8, 4) is 10.9 Å². The van der Waals surface area contributed by atoms with Crippen LogP contribution in [-0.4, -0.2) is 16.7 Å². The molecule has 74 valence electrons. The maximum Gasteiger partial charge on any atom is 0.389 e. The maximum atomic E-state index is 11.8. The number of phenolic OH excluding ortho intramolecular Hbond substituents is 1. The molecular weight excluding hydrogens is 212 g/mol. The van der Waals surface area contributed by atoms with E-state index < -0.39 is 6.61 Å². The lowest BCUT2D eigenvalue weighted by atomic mass is 10.3. The van der Waals surface area contributed by atoms with Crippen molar-refractivity contribution in [1.82, 2.24) is 4.98 Å². The van der Waals surface area contributed by atoms with Crippen LogP contribution in [0.15, 0.2) is 18.2 Å². The van der Waals surface area contributed by atoms with Crippen LogP contribution in [0.2, 0.25) is 0 Å². The third kappa shape index (κ3) is 1.74. The van der Waals surface area contributed by atoms with Crippen LogP contribution in [0.4, 0.5) is 8.78 Å². The van der Waals surface area contributed by atoms with Crippen molar-refractivity contribution in [3.05, 3.63) is 18.2 Å². The Labute approximate surface area is 81.6 Å². The highest BCUT2D eigenvalue weighted by molar-refractivity contribution is 7.20. The van der Waals surface area contributed by atoms with E-state index >= 15 is 0 Å². The zero-order valence-corrected chi connectivity index (χ0v) is 7.59. The second-order valence-corrected chi connectivity index (χ2v) is 3.50. The topological polar surface area (TPSA) is 42.4 Å². The van der Waals surface area contributed by atoms with Crippen LogP contribution < -0.4 is 4.74 Å². The fraction of sp³-hybridized carbons (Fsp3) is 0.125. The predicted octanol–water partition coefficient (Wildman–Crippen LogP) is 2.60. The van der Waals surface area contributed by atoms with Crippen LogP contribution in [0.25, 0.3) is 10.2 Å². The van der Waals surface area contributed by atoms with Gasteiger partial charge in [-0.3, -0.25) is 0 Å². The molecule has 0 unspecified atom stereocenters. The van der Waals surface area contributed by atoms with Gasteiger partial charge in [-0.15, -0.1) is 0 Å². The summed E-state index contributed by atoms with van der Waals surface area (Å²) in [7, 11) is 0. The van der Waals surface area contributed by atoms with Crippen molar-refractivity contribution in [2.45, 2.75) is 6.61 Å². The van der Waals surface area contributed by atoms with E-state index in [9.17, 15) is 8.78 Å². The molecule has 6 heteroatoms. The van der Waals surface area contributed by atoms with Gasteiger partial charge in [-0.2, -0.15) is 8.78 Å². The summed E-state index contributed by atoms with van der Waals surface area (Å²) in [6, 6.07) is 4.43.